The second-order valence-electron chi connectivity index (χ2n) is 5.90. The van der Waals surface area contributed by atoms with Crippen LogP contribution in [-0.4, -0.2) is 49.6 Å². The Labute approximate surface area is 158 Å². The summed E-state index contributed by atoms with van der Waals surface area (Å²) in [6, 6.07) is 7.82. The number of amides is 1. The summed E-state index contributed by atoms with van der Waals surface area (Å²) < 4.78 is 4.96. The highest BCUT2D eigenvalue weighted by Gasteiger charge is 2.09. The fourth-order valence-electron chi connectivity index (χ4n) is 2.36. The highest BCUT2D eigenvalue weighted by Crippen LogP contribution is 2.17. The minimum Gasteiger partial charge on any atom is -0.385 e. The molecular formula is C18H24ClN3O2S. The van der Waals surface area contributed by atoms with Gasteiger partial charge < -0.3 is 10.1 Å². The SMILES string of the molecule is COCCCNC(=O)CN(C)Cc1csc(Cc2ccc(Cl)cc2)n1. The molecule has 1 amide bonds. The Morgan fingerprint density at radius 2 is 2.12 bits per heavy atom. The van der Waals surface area contributed by atoms with Gasteiger partial charge in [-0.3, -0.25) is 9.69 Å². The molecule has 0 fully saturated rings. The van der Waals surface area contributed by atoms with Crippen molar-refractivity contribution in [3.8, 4) is 0 Å². The monoisotopic (exact) mass is 381 g/mol. The summed E-state index contributed by atoms with van der Waals surface area (Å²) in [4.78, 5) is 18.5. The number of ether oxygens (including phenoxy) is 1. The number of aromatic nitrogens is 1. The van der Waals surface area contributed by atoms with Gasteiger partial charge in [-0.15, -0.1) is 11.3 Å². The molecule has 2 rings (SSSR count). The van der Waals surface area contributed by atoms with Crippen LogP contribution in [0.2, 0.25) is 5.02 Å². The number of halogens is 1. The van der Waals surface area contributed by atoms with Gasteiger partial charge in [0.25, 0.3) is 0 Å². The van der Waals surface area contributed by atoms with Crippen molar-refractivity contribution < 1.29 is 9.53 Å². The summed E-state index contributed by atoms with van der Waals surface area (Å²) in [5.74, 6) is 0.0234. The Morgan fingerprint density at radius 1 is 1.36 bits per heavy atom. The summed E-state index contributed by atoms with van der Waals surface area (Å²) in [6.07, 6.45) is 1.62. The number of nitrogens with zero attached hydrogens (tertiary/aromatic N) is 2. The summed E-state index contributed by atoms with van der Waals surface area (Å²) in [6.45, 7) is 2.31. The van der Waals surface area contributed by atoms with Crippen LogP contribution < -0.4 is 5.32 Å². The summed E-state index contributed by atoms with van der Waals surface area (Å²) >= 11 is 7.55. The molecule has 0 spiro atoms. The Hall–Kier alpha value is -1.47. The number of hydrogen-bond acceptors (Lipinski definition) is 5. The molecule has 1 N–H and O–H groups in total. The van der Waals surface area contributed by atoms with Crippen molar-refractivity contribution in [1.82, 2.24) is 15.2 Å². The van der Waals surface area contributed by atoms with Gasteiger partial charge in [0.2, 0.25) is 5.91 Å². The standard InChI is InChI=1S/C18H24ClN3O2S/c1-22(12-17(23)20-8-3-9-24-2)11-16-13-25-18(21-16)10-14-4-6-15(19)7-5-14/h4-7,13H,3,8-12H2,1-2H3,(H,20,23). The first kappa shape index (κ1) is 19.8. The van der Waals surface area contributed by atoms with E-state index in [9.17, 15) is 4.79 Å². The Kier molecular flexibility index (Phi) is 8.34. The second kappa shape index (κ2) is 10.5. The second-order valence-corrected chi connectivity index (χ2v) is 7.28. The zero-order chi connectivity index (χ0) is 18.1. The topological polar surface area (TPSA) is 54.5 Å². The highest BCUT2D eigenvalue weighted by molar-refractivity contribution is 7.09. The van der Waals surface area contributed by atoms with E-state index in [1.54, 1.807) is 18.4 Å². The molecule has 0 atom stereocenters. The predicted octanol–water partition coefficient (Wildman–Crippen LogP) is 2.97. The van der Waals surface area contributed by atoms with Crippen molar-refractivity contribution in [3.63, 3.8) is 0 Å². The van der Waals surface area contributed by atoms with Gasteiger partial charge in [0, 0.05) is 43.6 Å². The van der Waals surface area contributed by atoms with Crippen LogP contribution in [0.1, 0.15) is 22.7 Å². The number of hydrogen-bond donors (Lipinski definition) is 1. The number of carbonyl (C=O) groups is 1. The van der Waals surface area contributed by atoms with Crippen molar-refractivity contribution in [3.05, 3.63) is 50.9 Å². The molecule has 1 aromatic heterocycles. The van der Waals surface area contributed by atoms with E-state index in [-0.39, 0.29) is 5.91 Å². The van der Waals surface area contributed by atoms with Crippen LogP contribution >= 0.6 is 22.9 Å². The summed E-state index contributed by atoms with van der Waals surface area (Å²) in [5.41, 5.74) is 2.18. The largest absolute Gasteiger partial charge is 0.385 e. The van der Waals surface area contributed by atoms with Crippen molar-refractivity contribution in [1.29, 1.82) is 0 Å². The number of likely N-dealkylation sites (N-methyl/N-ethyl adjacent to an activating group) is 1. The van der Waals surface area contributed by atoms with Crippen LogP contribution in [-0.2, 0) is 22.5 Å². The van der Waals surface area contributed by atoms with E-state index in [2.05, 4.69) is 15.7 Å². The smallest absolute Gasteiger partial charge is 0.234 e. The van der Waals surface area contributed by atoms with E-state index in [0.717, 1.165) is 28.6 Å². The minimum absolute atomic E-state index is 0.0234. The van der Waals surface area contributed by atoms with E-state index in [1.165, 1.54) is 5.56 Å². The van der Waals surface area contributed by atoms with Crippen molar-refractivity contribution in [2.75, 3.05) is 33.9 Å². The number of nitrogens with one attached hydrogen (secondary N) is 1. The highest BCUT2D eigenvalue weighted by atomic mass is 35.5. The molecule has 2 aromatic rings. The van der Waals surface area contributed by atoms with Crippen LogP contribution in [0.25, 0.3) is 0 Å². The van der Waals surface area contributed by atoms with E-state index >= 15 is 0 Å². The maximum Gasteiger partial charge on any atom is 0.234 e. The molecule has 0 unspecified atom stereocenters. The third-order valence-electron chi connectivity index (χ3n) is 3.56. The first-order valence-electron chi connectivity index (χ1n) is 8.18. The lowest BCUT2D eigenvalue weighted by Crippen LogP contribution is -2.35. The quantitative estimate of drug-likeness (QED) is 0.643. The van der Waals surface area contributed by atoms with Gasteiger partial charge in [-0.25, -0.2) is 4.98 Å². The van der Waals surface area contributed by atoms with E-state index in [0.29, 0.717) is 26.2 Å². The lowest BCUT2D eigenvalue weighted by atomic mass is 10.2. The van der Waals surface area contributed by atoms with E-state index < -0.39 is 0 Å². The first-order chi connectivity index (χ1) is 12.1. The number of methoxy groups -OCH3 is 1. The number of rotatable bonds is 10. The third kappa shape index (κ3) is 7.52. The zero-order valence-electron chi connectivity index (χ0n) is 14.6. The molecule has 0 saturated heterocycles. The molecule has 0 aliphatic rings. The molecule has 25 heavy (non-hydrogen) atoms. The minimum atomic E-state index is 0.0234. The first-order valence-corrected chi connectivity index (χ1v) is 9.44. The summed E-state index contributed by atoms with van der Waals surface area (Å²) in [7, 11) is 3.58. The molecule has 7 heteroatoms. The van der Waals surface area contributed by atoms with Gasteiger partial charge in [-0.1, -0.05) is 23.7 Å². The fraction of sp³-hybridized carbons (Fsp3) is 0.444. The third-order valence-corrected chi connectivity index (χ3v) is 4.71. The van der Waals surface area contributed by atoms with Gasteiger partial charge in [-0.05, 0) is 31.2 Å². The van der Waals surface area contributed by atoms with Crippen molar-refractivity contribution in [2.45, 2.75) is 19.4 Å². The lowest BCUT2D eigenvalue weighted by molar-refractivity contribution is -0.122. The van der Waals surface area contributed by atoms with Gasteiger partial charge in [0.05, 0.1) is 17.2 Å². The number of carbonyl (C=O) groups excluding carboxylic acids is 1. The van der Waals surface area contributed by atoms with Crippen LogP contribution in [0, 0.1) is 0 Å². The molecule has 0 aliphatic carbocycles. The summed E-state index contributed by atoms with van der Waals surface area (Å²) in [5, 5.41) is 6.75. The van der Waals surface area contributed by atoms with Gasteiger partial charge in [0.15, 0.2) is 0 Å². The van der Waals surface area contributed by atoms with Crippen LogP contribution in [0.4, 0.5) is 0 Å². The van der Waals surface area contributed by atoms with E-state index in [4.69, 9.17) is 16.3 Å². The lowest BCUT2D eigenvalue weighted by Gasteiger charge is -2.14. The van der Waals surface area contributed by atoms with Gasteiger partial charge in [0.1, 0.15) is 0 Å². The van der Waals surface area contributed by atoms with Crippen LogP contribution in [0.15, 0.2) is 29.6 Å². The van der Waals surface area contributed by atoms with Gasteiger partial charge >= 0.3 is 0 Å². The van der Waals surface area contributed by atoms with Crippen molar-refractivity contribution in [2.24, 2.45) is 0 Å². The number of thiazole rings is 1. The fourth-order valence-corrected chi connectivity index (χ4v) is 3.30. The molecule has 0 bridgehead atoms. The van der Waals surface area contributed by atoms with E-state index in [1.807, 2.05) is 36.2 Å². The molecule has 0 radical (unpaired) electrons. The Balaban J connectivity index is 1.76. The molecule has 136 valence electrons. The molecule has 0 saturated carbocycles. The molecule has 1 heterocycles. The molecular weight excluding hydrogens is 358 g/mol. The van der Waals surface area contributed by atoms with Crippen LogP contribution in [0.3, 0.4) is 0 Å². The van der Waals surface area contributed by atoms with Gasteiger partial charge in [-0.2, -0.15) is 0 Å². The predicted molar refractivity (Wildman–Crippen MR) is 102 cm³/mol. The number of benzene rings is 1. The maximum absolute atomic E-state index is 11.9. The Bertz CT molecular complexity index is 661. The zero-order valence-corrected chi connectivity index (χ0v) is 16.2. The van der Waals surface area contributed by atoms with Crippen molar-refractivity contribution >= 4 is 28.8 Å². The Morgan fingerprint density at radius 3 is 2.84 bits per heavy atom. The van der Waals surface area contributed by atoms with Crippen LogP contribution in [0.5, 0.6) is 0 Å². The molecule has 0 aliphatic heterocycles. The average Bonchev–Trinajstić information content (AvgIpc) is 3.00. The molecule has 1 aromatic carbocycles. The average molecular weight is 382 g/mol. The molecule has 5 nitrogen and oxygen atoms in total. The normalized spacial score (nSPS) is 11.0. The maximum atomic E-state index is 11.9.